The van der Waals surface area contributed by atoms with Crippen molar-refractivity contribution in [3.05, 3.63) is 54.0 Å². The Kier molecular flexibility index (Phi) is 5.45. The maximum atomic E-state index is 13.8. The predicted octanol–water partition coefficient (Wildman–Crippen LogP) is 3.13. The van der Waals surface area contributed by atoms with Gasteiger partial charge in [-0.05, 0) is 43.7 Å². The molecule has 2 atom stereocenters. The highest BCUT2D eigenvalue weighted by atomic mass is 19.4. The predicted molar refractivity (Wildman–Crippen MR) is 115 cm³/mol. The molecule has 2 bridgehead atoms. The summed E-state index contributed by atoms with van der Waals surface area (Å²) in [5, 5.41) is 11.3. The molecule has 3 aromatic heterocycles. The number of nitrogens with one attached hydrogen (secondary N) is 1. The van der Waals surface area contributed by atoms with E-state index in [1.807, 2.05) is 4.90 Å². The first-order valence-electron chi connectivity index (χ1n) is 11.0. The number of alkyl halides is 3. The molecule has 178 valence electrons. The molecule has 0 aromatic carbocycles. The van der Waals surface area contributed by atoms with Crippen molar-refractivity contribution in [3.63, 3.8) is 0 Å². The molecule has 2 saturated heterocycles. The summed E-state index contributed by atoms with van der Waals surface area (Å²) in [6.07, 6.45) is 2.20. The van der Waals surface area contributed by atoms with Gasteiger partial charge in [-0.15, -0.1) is 4.80 Å². The van der Waals surface area contributed by atoms with Gasteiger partial charge in [-0.2, -0.15) is 23.4 Å². The number of hydrogen-bond donors (Lipinski definition) is 1. The van der Waals surface area contributed by atoms with E-state index in [1.54, 1.807) is 19.1 Å². The molecular weight excluding hydrogens is 449 g/mol. The zero-order valence-electron chi connectivity index (χ0n) is 18.6. The Hall–Kier alpha value is -3.57. The second kappa shape index (κ2) is 8.33. The molecule has 1 aliphatic carbocycles. The van der Waals surface area contributed by atoms with Crippen LogP contribution in [0.4, 0.5) is 19.0 Å². The Morgan fingerprint density at radius 2 is 1.88 bits per heavy atom. The molecule has 34 heavy (non-hydrogen) atoms. The molecule has 0 spiro atoms. The van der Waals surface area contributed by atoms with Crippen molar-refractivity contribution >= 4 is 11.7 Å². The summed E-state index contributed by atoms with van der Waals surface area (Å²) in [7, 11) is 0. The molecule has 9 nitrogen and oxygen atoms in total. The van der Waals surface area contributed by atoms with Crippen molar-refractivity contribution in [1.29, 1.82) is 0 Å². The first-order valence-corrected chi connectivity index (χ1v) is 11.0. The molecule has 5 heterocycles. The van der Waals surface area contributed by atoms with Gasteiger partial charge in [0.25, 0.3) is 5.91 Å². The Balaban J connectivity index is 1.43. The van der Waals surface area contributed by atoms with Gasteiger partial charge in [0, 0.05) is 18.3 Å². The Morgan fingerprint density at radius 1 is 1.15 bits per heavy atom. The van der Waals surface area contributed by atoms with Crippen molar-refractivity contribution in [2.75, 3.05) is 11.9 Å². The van der Waals surface area contributed by atoms with Gasteiger partial charge in [-0.1, -0.05) is 6.92 Å². The second-order valence-corrected chi connectivity index (χ2v) is 8.83. The van der Waals surface area contributed by atoms with Crippen molar-refractivity contribution in [2.24, 2.45) is 11.8 Å². The minimum atomic E-state index is -4.58. The Labute approximate surface area is 193 Å². The highest BCUT2D eigenvalue weighted by molar-refractivity contribution is 5.96. The fourth-order valence-electron chi connectivity index (χ4n) is 4.85. The summed E-state index contributed by atoms with van der Waals surface area (Å²) < 4.78 is 39.1. The molecule has 2 aliphatic heterocycles. The number of halogens is 3. The standard InChI is InChI=1S/C22H23F3N8O/c1-12-3-4-16(33-28-5-6-29-33)20(30-12)21(34)32-15-7-14(8-15)13(2)17(32)9-27-19-11-26-10-18(31-19)22(23,24)25/h3-6,10-11,13-15,17H,7-9H2,1-2H3,(H,27,31). The van der Waals surface area contributed by atoms with Crippen LogP contribution in [-0.4, -0.2) is 59.4 Å². The van der Waals surface area contributed by atoms with Crippen LogP contribution < -0.4 is 5.32 Å². The summed E-state index contributed by atoms with van der Waals surface area (Å²) in [5.74, 6) is 0.388. The smallest absolute Gasteiger partial charge is 0.367 e. The zero-order valence-corrected chi connectivity index (χ0v) is 18.6. The number of hydrogen-bond acceptors (Lipinski definition) is 7. The van der Waals surface area contributed by atoms with Gasteiger partial charge in [-0.25, -0.2) is 9.97 Å². The maximum absolute atomic E-state index is 13.8. The van der Waals surface area contributed by atoms with E-state index in [4.69, 9.17) is 0 Å². The van der Waals surface area contributed by atoms with Crippen molar-refractivity contribution in [3.8, 4) is 5.69 Å². The van der Waals surface area contributed by atoms with Crippen LogP contribution in [0, 0.1) is 18.8 Å². The Morgan fingerprint density at radius 3 is 2.59 bits per heavy atom. The van der Waals surface area contributed by atoms with E-state index in [1.165, 1.54) is 23.4 Å². The molecule has 0 radical (unpaired) electrons. The van der Waals surface area contributed by atoms with Gasteiger partial charge in [0.05, 0.1) is 30.8 Å². The first kappa shape index (κ1) is 22.2. The molecule has 2 unspecified atom stereocenters. The third kappa shape index (κ3) is 3.97. The zero-order chi connectivity index (χ0) is 24.0. The summed E-state index contributed by atoms with van der Waals surface area (Å²) in [6.45, 7) is 4.13. The number of carbonyl (C=O) groups excluding carboxylic acids is 1. The van der Waals surface area contributed by atoms with E-state index < -0.39 is 11.9 Å². The van der Waals surface area contributed by atoms with Crippen LogP contribution >= 0.6 is 0 Å². The largest absolute Gasteiger partial charge is 0.434 e. The quantitative estimate of drug-likeness (QED) is 0.609. The number of anilines is 1. The highest BCUT2D eigenvalue weighted by Crippen LogP contribution is 2.47. The topological polar surface area (TPSA) is 102 Å². The minimum Gasteiger partial charge on any atom is -0.367 e. The molecule has 3 fully saturated rings. The normalized spacial score (nSPS) is 24.0. The number of fused-ring (bicyclic) bond motifs is 2. The van der Waals surface area contributed by atoms with Crippen LogP contribution in [-0.2, 0) is 6.18 Å². The molecular formula is C22H23F3N8O. The number of aryl methyl sites for hydroxylation is 1. The number of rotatable bonds is 5. The van der Waals surface area contributed by atoms with Gasteiger partial charge in [0.1, 0.15) is 11.5 Å². The molecule has 1 amide bonds. The third-order valence-corrected chi connectivity index (χ3v) is 6.75. The average molecular weight is 472 g/mol. The van der Waals surface area contributed by atoms with Crippen molar-refractivity contribution < 1.29 is 18.0 Å². The average Bonchev–Trinajstić information content (AvgIpc) is 3.31. The van der Waals surface area contributed by atoms with E-state index >= 15 is 0 Å². The van der Waals surface area contributed by atoms with Crippen molar-refractivity contribution in [1.82, 2.24) is 34.8 Å². The minimum absolute atomic E-state index is 0.0174. The number of aromatic nitrogens is 6. The lowest BCUT2D eigenvalue weighted by Crippen LogP contribution is -2.64. The number of pyridine rings is 1. The lowest BCUT2D eigenvalue weighted by Gasteiger charge is -2.57. The molecule has 1 N–H and O–H groups in total. The molecule has 3 aromatic rings. The lowest BCUT2D eigenvalue weighted by atomic mass is 9.64. The van der Waals surface area contributed by atoms with E-state index in [-0.39, 0.29) is 42.0 Å². The van der Waals surface area contributed by atoms with E-state index in [0.29, 0.717) is 23.5 Å². The van der Waals surface area contributed by atoms with Gasteiger partial charge < -0.3 is 10.2 Å². The summed E-state index contributed by atoms with van der Waals surface area (Å²) in [5.41, 5.74) is 0.345. The van der Waals surface area contributed by atoms with Gasteiger partial charge in [0.2, 0.25) is 0 Å². The van der Waals surface area contributed by atoms with Crippen LogP contribution in [0.5, 0.6) is 0 Å². The summed E-state index contributed by atoms with van der Waals surface area (Å²) >= 11 is 0. The summed E-state index contributed by atoms with van der Waals surface area (Å²) in [6, 6.07) is 3.35. The SMILES string of the molecule is Cc1ccc(-n2nccn2)c(C(=O)N2C3CC(C3)C(C)C2CNc2cncc(C(F)(F)F)n2)n1. The van der Waals surface area contributed by atoms with Gasteiger partial charge in [0.15, 0.2) is 11.4 Å². The van der Waals surface area contributed by atoms with Crippen LogP contribution in [0.15, 0.2) is 36.9 Å². The van der Waals surface area contributed by atoms with Crippen LogP contribution in [0.25, 0.3) is 5.69 Å². The van der Waals surface area contributed by atoms with Crippen LogP contribution in [0.1, 0.15) is 41.6 Å². The first-order chi connectivity index (χ1) is 16.2. The van der Waals surface area contributed by atoms with E-state index in [9.17, 15) is 18.0 Å². The number of piperidine rings is 2. The molecule has 12 heteroatoms. The second-order valence-electron chi connectivity index (χ2n) is 8.83. The number of amides is 1. The fraction of sp³-hybridized carbons (Fsp3) is 0.455. The van der Waals surface area contributed by atoms with E-state index in [2.05, 4.69) is 37.4 Å². The fourth-order valence-corrected chi connectivity index (χ4v) is 4.85. The highest BCUT2D eigenvalue weighted by Gasteiger charge is 2.51. The van der Waals surface area contributed by atoms with Gasteiger partial charge >= 0.3 is 6.18 Å². The monoisotopic (exact) mass is 472 g/mol. The number of nitrogens with zero attached hydrogens (tertiary/aromatic N) is 7. The molecule has 3 aliphatic rings. The van der Waals surface area contributed by atoms with Gasteiger partial charge in [-0.3, -0.25) is 9.78 Å². The van der Waals surface area contributed by atoms with Crippen molar-refractivity contribution in [2.45, 2.75) is 44.9 Å². The lowest BCUT2D eigenvalue weighted by molar-refractivity contribution is -0.141. The Bertz CT molecular complexity index is 1190. The molecule has 6 rings (SSSR count). The van der Waals surface area contributed by atoms with Crippen LogP contribution in [0.3, 0.4) is 0 Å². The van der Waals surface area contributed by atoms with E-state index in [0.717, 1.165) is 12.8 Å². The maximum Gasteiger partial charge on any atom is 0.434 e. The summed E-state index contributed by atoms with van der Waals surface area (Å²) in [4.78, 5) is 28.8. The number of carbonyl (C=O) groups is 1. The van der Waals surface area contributed by atoms with Crippen LogP contribution in [0.2, 0.25) is 0 Å². The third-order valence-electron chi connectivity index (χ3n) is 6.75. The molecule has 1 saturated carbocycles.